The van der Waals surface area contributed by atoms with Gasteiger partial charge in [-0.3, -0.25) is 10.1 Å². The fourth-order valence-corrected chi connectivity index (χ4v) is 2.10. The SMILES string of the molecule is O=[N+]([O-])c1ccc(C(Cl)Cc2ccc(Br)cc2)o1. The predicted octanol–water partition coefficient (Wildman–Crippen LogP) is 4.47. The molecule has 1 atom stereocenters. The quantitative estimate of drug-likeness (QED) is 0.472. The molecule has 6 heteroatoms. The topological polar surface area (TPSA) is 56.3 Å². The molecule has 1 unspecified atom stereocenters. The summed E-state index contributed by atoms with van der Waals surface area (Å²) < 4.78 is 6.05. The number of hydrogen-bond donors (Lipinski definition) is 0. The van der Waals surface area contributed by atoms with Crippen molar-refractivity contribution in [2.45, 2.75) is 11.8 Å². The third-order valence-electron chi connectivity index (χ3n) is 2.43. The summed E-state index contributed by atoms with van der Waals surface area (Å²) in [4.78, 5) is 9.92. The van der Waals surface area contributed by atoms with Gasteiger partial charge < -0.3 is 4.42 Å². The van der Waals surface area contributed by atoms with Crippen LogP contribution in [0.2, 0.25) is 0 Å². The van der Waals surface area contributed by atoms with E-state index in [9.17, 15) is 10.1 Å². The van der Waals surface area contributed by atoms with Gasteiger partial charge in [-0.05, 0) is 30.2 Å². The van der Waals surface area contributed by atoms with Gasteiger partial charge in [0, 0.05) is 4.47 Å². The number of halogens is 2. The zero-order valence-electron chi connectivity index (χ0n) is 9.18. The second kappa shape index (κ2) is 5.54. The van der Waals surface area contributed by atoms with Crippen LogP contribution in [0.15, 0.2) is 45.3 Å². The number of hydrogen-bond acceptors (Lipinski definition) is 3. The van der Waals surface area contributed by atoms with Crippen LogP contribution in [0, 0.1) is 10.1 Å². The maximum absolute atomic E-state index is 10.5. The van der Waals surface area contributed by atoms with Crippen molar-refractivity contribution in [2.75, 3.05) is 0 Å². The largest absolute Gasteiger partial charge is 0.433 e. The number of nitro groups is 1. The lowest BCUT2D eigenvalue weighted by atomic mass is 10.1. The summed E-state index contributed by atoms with van der Waals surface area (Å²) in [5.41, 5.74) is 1.04. The fraction of sp³-hybridized carbons (Fsp3) is 0.167. The monoisotopic (exact) mass is 329 g/mol. The zero-order chi connectivity index (χ0) is 13.1. The van der Waals surface area contributed by atoms with Gasteiger partial charge in [0.1, 0.15) is 10.7 Å². The highest BCUT2D eigenvalue weighted by molar-refractivity contribution is 9.10. The second-order valence-corrected chi connectivity index (χ2v) is 5.17. The minimum absolute atomic E-state index is 0.286. The highest BCUT2D eigenvalue weighted by atomic mass is 79.9. The first kappa shape index (κ1) is 13.1. The van der Waals surface area contributed by atoms with Gasteiger partial charge in [-0.15, -0.1) is 11.6 Å². The zero-order valence-corrected chi connectivity index (χ0v) is 11.5. The maximum atomic E-state index is 10.5. The van der Waals surface area contributed by atoms with Gasteiger partial charge in [0.05, 0.1) is 11.4 Å². The smallest absolute Gasteiger partial charge is 0.404 e. The summed E-state index contributed by atoms with van der Waals surface area (Å²) in [6.45, 7) is 0. The highest BCUT2D eigenvalue weighted by Gasteiger charge is 2.18. The van der Waals surface area contributed by atoms with Gasteiger partial charge in [-0.2, -0.15) is 0 Å². The predicted molar refractivity (Wildman–Crippen MR) is 71.8 cm³/mol. The van der Waals surface area contributed by atoms with Gasteiger partial charge >= 0.3 is 5.88 Å². The molecule has 0 bridgehead atoms. The summed E-state index contributed by atoms with van der Waals surface area (Å²) in [5.74, 6) is 0.123. The molecule has 4 nitrogen and oxygen atoms in total. The normalized spacial score (nSPS) is 12.3. The molecule has 1 aromatic carbocycles. The first-order valence-corrected chi connectivity index (χ1v) is 6.42. The Kier molecular flexibility index (Phi) is 4.04. The third kappa shape index (κ3) is 3.11. The van der Waals surface area contributed by atoms with E-state index in [0.29, 0.717) is 12.2 Å². The summed E-state index contributed by atoms with van der Waals surface area (Å²) >= 11 is 9.52. The highest BCUT2D eigenvalue weighted by Crippen LogP contribution is 2.29. The van der Waals surface area contributed by atoms with Crippen LogP contribution in [0.4, 0.5) is 5.88 Å². The third-order valence-corrected chi connectivity index (χ3v) is 3.33. The Morgan fingerprint density at radius 3 is 2.50 bits per heavy atom. The Hall–Kier alpha value is -1.33. The van der Waals surface area contributed by atoms with Crippen LogP contribution in [0.1, 0.15) is 16.7 Å². The summed E-state index contributed by atoms with van der Waals surface area (Å²) in [5, 5.41) is 10.1. The summed E-state index contributed by atoms with van der Waals surface area (Å²) in [6.07, 6.45) is 0.555. The van der Waals surface area contributed by atoms with E-state index in [2.05, 4.69) is 15.9 Å². The second-order valence-electron chi connectivity index (χ2n) is 3.73. The van der Waals surface area contributed by atoms with Crippen molar-refractivity contribution in [3.05, 3.63) is 62.3 Å². The van der Waals surface area contributed by atoms with E-state index < -0.39 is 10.3 Å². The molecule has 0 spiro atoms. The Bertz CT molecular complexity index is 553. The van der Waals surface area contributed by atoms with Crippen molar-refractivity contribution in [3.63, 3.8) is 0 Å². The first-order chi connectivity index (χ1) is 8.56. The van der Waals surface area contributed by atoms with Crippen LogP contribution in [-0.2, 0) is 6.42 Å². The molecular weight excluding hydrogens is 321 g/mol. The van der Waals surface area contributed by atoms with Gasteiger partial charge in [0.15, 0.2) is 0 Å². The van der Waals surface area contributed by atoms with Crippen molar-refractivity contribution < 1.29 is 9.34 Å². The van der Waals surface area contributed by atoms with E-state index in [4.69, 9.17) is 16.0 Å². The number of benzene rings is 1. The average molecular weight is 331 g/mol. The molecule has 2 rings (SSSR count). The number of nitrogens with zero attached hydrogens (tertiary/aromatic N) is 1. The molecule has 0 aliphatic rings. The minimum atomic E-state index is -0.577. The Morgan fingerprint density at radius 2 is 1.94 bits per heavy atom. The van der Waals surface area contributed by atoms with Crippen LogP contribution < -0.4 is 0 Å². The van der Waals surface area contributed by atoms with Crippen molar-refractivity contribution in [1.29, 1.82) is 0 Å². The Morgan fingerprint density at radius 1 is 1.28 bits per heavy atom. The van der Waals surface area contributed by atoms with Gasteiger partial charge in [-0.25, -0.2) is 0 Å². The van der Waals surface area contributed by atoms with E-state index in [0.717, 1.165) is 10.0 Å². The molecule has 0 fully saturated rings. The van der Waals surface area contributed by atoms with Gasteiger partial charge in [-0.1, -0.05) is 28.1 Å². The molecule has 2 aromatic rings. The fourth-order valence-electron chi connectivity index (χ4n) is 1.54. The molecule has 0 radical (unpaired) electrons. The molecule has 0 aliphatic carbocycles. The molecule has 0 amide bonds. The van der Waals surface area contributed by atoms with E-state index in [1.807, 2.05) is 24.3 Å². The van der Waals surface area contributed by atoms with Crippen LogP contribution in [-0.4, -0.2) is 4.92 Å². The van der Waals surface area contributed by atoms with Crippen molar-refractivity contribution >= 4 is 33.4 Å². The lowest BCUT2D eigenvalue weighted by molar-refractivity contribution is -0.402. The standard InChI is InChI=1S/C12H9BrClNO3/c13-9-3-1-8(2-4-9)7-10(14)11-5-6-12(18-11)15(16)17/h1-6,10H,7H2. The lowest BCUT2D eigenvalue weighted by Gasteiger charge is -2.06. The molecular formula is C12H9BrClNO3. The maximum Gasteiger partial charge on any atom is 0.433 e. The molecule has 1 heterocycles. The van der Waals surface area contributed by atoms with Gasteiger partial charge in [0.2, 0.25) is 0 Å². The molecule has 1 aromatic heterocycles. The van der Waals surface area contributed by atoms with E-state index in [1.54, 1.807) is 0 Å². The van der Waals surface area contributed by atoms with Crippen molar-refractivity contribution in [3.8, 4) is 0 Å². The lowest BCUT2D eigenvalue weighted by Crippen LogP contribution is -1.94. The van der Waals surface area contributed by atoms with Gasteiger partial charge in [0.25, 0.3) is 0 Å². The molecule has 0 saturated carbocycles. The molecule has 18 heavy (non-hydrogen) atoms. The first-order valence-electron chi connectivity index (χ1n) is 5.19. The number of furan rings is 1. The molecule has 94 valence electrons. The van der Waals surface area contributed by atoms with E-state index in [-0.39, 0.29) is 5.88 Å². The Balaban J connectivity index is 2.09. The Labute approximate surface area is 117 Å². The molecule has 0 N–H and O–H groups in total. The number of alkyl halides is 1. The van der Waals surface area contributed by atoms with Crippen molar-refractivity contribution in [2.24, 2.45) is 0 Å². The summed E-state index contributed by atoms with van der Waals surface area (Å²) in [6, 6.07) is 10.6. The molecule has 0 saturated heterocycles. The van der Waals surface area contributed by atoms with Crippen LogP contribution >= 0.6 is 27.5 Å². The minimum Gasteiger partial charge on any atom is -0.404 e. The van der Waals surface area contributed by atoms with Crippen molar-refractivity contribution in [1.82, 2.24) is 0 Å². The molecule has 0 aliphatic heterocycles. The van der Waals surface area contributed by atoms with Crippen LogP contribution in [0.3, 0.4) is 0 Å². The van der Waals surface area contributed by atoms with Crippen LogP contribution in [0.5, 0.6) is 0 Å². The van der Waals surface area contributed by atoms with E-state index >= 15 is 0 Å². The van der Waals surface area contributed by atoms with E-state index in [1.165, 1.54) is 12.1 Å². The average Bonchev–Trinajstić information content (AvgIpc) is 2.81. The van der Waals surface area contributed by atoms with Crippen LogP contribution in [0.25, 0.3) is 0 Å². The number of rotatable bonds is 4. The summed E-state index contributed by atoms with van der Waals surface area (Å²) in [7, 11) is 0.